The summed E-state index contributed by atoms with van der Waals surface area (Å²) in [6.45, 7) is 0. The quantitative estimate of drug-likeness (QED) is 0.721. The van der Waals surface area contributed by atoms with Crippen molar-refractivity contribution in [1.82, 2.24) is 4.98 Å². The number of phenols is 1. The number of halogens is 1. The van der Waals surface area contributed by atoms with Gasteiger partial charge in [0.25, 0.3) is 0 Å². The molecule has 3 aromatic rings. The molecule has 0 radical (unpaired) electrons. The van der Waals surface area contributed by atoms with E-state index in [-0.39, 0.29) is 5.75 Å². The molecule has 0 unspecified atom stereocenters. The average Bonchev–Trinajstić information content (AvgIpc) is 2.48. The summed E-state index contributed by atoms with van der Waals surface area (Å²) in [6, 6.07) is 12.2. The van der Waals surface area contributed by atoms with Gasteiger partial charge in [0, 0.05) is 27.7 Å². The van der Waals surface area contributed by atoms with E-state index >= 15 is 0 Å². The molecule has 0 aliphatic carbocycles. The maximum atomic E-state index is 11.1. The van der Waals surface area contributed by atoms with Gasteiger partial charge in [0.1, 0.15) is 11.3 Å². The standard InChI is InChI=1S/C16H10ClNO2/c17-12-5-3-11(9-19)14(8-12)13-6-4-10-2-1-7-18-15(10)16(13)20/h1-9,20H. The number of aldehydes is 1. The van der Waals surface area contributed by atoms with E-state index in [2.05, 4.69) is 4.98 Å². The minimum atomic E-state index is 0.0495. The Morgan fingerprint density at radius 1 is 1.10 bits per heavy atom. The van der Waals surface area contributed by atoms with Crippen LogP contribution in [0.5, 0.6) is 5.75 Å². The number of pyridine rings is 1. The molecule has 20 heavy (non-hydrogen) atoms. The van der Waals surface area contributed by atoms with Gasteiger partial charge in [-0.3, -0.25) is 9.78 Å². The molecule has 3 rings (SSSR count). The first-order valence-electron chi connectivity index (χ1n) is 6.02. The fourth-order valence-electron chi connectivity index (χ4n) is 2.21. The van der Waals surface area contributed by atoms with Crippen molar-refractivity contribution in [3.8, 4) is 16.9 Å². The predicted molar refractivity (Wildman–Crippen MR) is 79.2 cm³/mol. The van der Waals surface area contributed by atoms with E-state index in [0.29, 0.717) is 27.2 Å². The van der Waals surface area contributed by atoms with Crippen LogP contribution in [0.1, 0.15) is 10.4 Å². The van der Waals surface area contributed by atoms with Crippen LogP contribution in [0.25, 0.3) is 22.0 Å². The molecule has 0 amide bonds. The lowest BCUT2D eigenvalue weighted by atomic mass is 9.98. The SMILES string of the molecule is O=Cc1ccc(Cl)cc1-c1ccc2cccnc2c1O. The minimum absolute atomic E-state index is 0.0495. The maximum Gasteiger partial charge on any atom is 0.150 e. The van der Waals surface area contributed by atoms with Gasteiger partial charge < -0.3 is 5.11 Å². The molecule has 0 atom stereocenters. The van der Waals surface area contributed by atoms with Crippen molar-refractivity contribution in [2.45, 2.75) is 0 Å². The smallest absolute Gasteiger partial charge is 0.150 e. The van der Waals surface area contributed by atoms with Crippen molar-refractivity contribution in [2.75, 3.05) is 0 Å². The van der Waals surface area contributed by atoms with Crippen LogP contribution < -0.4 is 0 Å². The number of fused-ring (bicyclic) bond motifs is 1. The third kappa shape index (κ3) is 2.02. The molecule has 1 heterocycles. The van der Waals surface area contributed by atoms with Gasteiger partial charge >= 0.3 is 0 Å². The third-order valence-electron chi connectivity index (χ3n) is 3.18. The van der Waals surface area contributed by atoms with Gasteiger partial charge in [0.15, 0.2) is 6.29 Å². The molecule has 1 aromatic heterocycles. The van der Waals surface area contributed by atoms with Crippen LogP contribution in [0.3, 0.4) is 0 Å². The van der Waals surface area contributed by atoms with Gasteiger partial charge in [-0.2, -0.15) is 0 Å². The Labute approximate surface area is 120 Å². The van der Waals surface area contributed by atoms with Gasteiger partial charge in [-0.15, -0.1) is 0 Å². The van der Waals surface area contributed by atoms with Crippen molar-refractivity contribution < 1.29 is 9.90 Å². The number of benzene rings is 2. The lowest BCUT2D eigenvalue weighted by Gasteiger charge is -2.10. The van der Waals surface area contributed by atoms with Crippen LogP contribution in [-0.4, -0.2) is 16.4 Å². The van der Waals surface area contributed by atoms with E-state index in [9.17, 15) is 9.90 Å². The molecule has 0 bridgehead atoms. The summed E-state index contributed by atoms with van der Waals surface area (Å²) >= 11 is 5.98. The Kier molecular flexibility index (Phi) is 3.12. The topological polar surface area (TPSA) is 50.2 Å². The fourth-order valence-corrected chi connectivity index (χ4v) is 2.38. The minimum Gasteiger partial charge on any atom is -0.505 e. The van der Waals surface area contributed by atoms with Crippen molar-refractivity contribution in [2.24, 2.45) is 0 Å². The number of aromatic hydroxyl groups is 1. The highest BCUT2D eigenvalue weighted by Crippen LogP contribution is 2.37. The number of rotatable bonds is 2. The first kappa shape index (κ1) is 12.6. The molecule has 0 saturated heterocycles. The zero-order valence-corrected chi connectivity index (χ0v) is 11.1. The van der Waals surface area contributed by atoms with E-state index in [0.717, 1.165) is 11.7 Å². The first-order valence-corrected chi connectivity index (χ1v) is 6.40. The fraction of sp³-hybridized carbons (Fsp3) is 0. The lowest BCUT2D eigenvalue weighted by molar-refractivity contribution is 0.112. The van der Waals surface area contributed by atoms with Crippen molar-refractivity contribution in [3.05, 3.63) is 59.2 Å². The number of carbonyl (C=O) groups is 1. The second-order valence-corrected chi connectivity index (χ2v) is 4.82. The molecule has 3 nitrogen and oxygen atoms in total. The molecule has 0 saturated carbocycles. The summed E-state index contributed by atoms with van der Waals surface area (Å²) in [7, 11) is 0. The second kappa shape index (κ2) is 4.94. The molecule has 4 heteroatoms. The highest BCUT2D eigenvalue weighted by Gasteiger charge is 2.13. The number of aromatic nitrogens is 1. The molecular weight excluding hydrogens is 274 g/mol. The van der Waals surface area contributed by atoms with Crippen LogP contribution in [-0.2, 0) is 0 Å². The van der Waals surface area contributed by atoms with E-state index in [4.69, 9.17) is 11.6 Å². The van der Waals surface area contributed by atoms with Gasteiger partial charge in [-0.05, 0) is 35.9 Å². The number of carbonyl (C=O) groups excluding carboxylic acids is 1. The zero-order valence-electron chi connectivity index (χ0n) is 10.4. The van der Waals surface area contributed by atoms with Gasteiger partial charge in [-0.1, -0.05) is 23.7 Å². The summed E-state index contributed by atoms with van der Waals surface area (Å²) in [5, 5.41) is 11.7. The van der Waals surface area contributed by atoms with Crippen molar-refractivity contribution in [3.63, 3.8) is 0 Å². The largest absolute Gasteiger partial charge is 0.505 e. The van der Waals surface area contributed by atoms with Crippen LogP contribution in [0, 0.1) is 0 Å². The Hall–Kier alpha value is -2.39. The van der Waals surface area contributed by atoms with Crippen LogP contribution in [0.2, 0.25) is 5.02 Å². The molecule has 98 valence electrons. The number of hydrogen-bond acceptors (Lipinski definition) is 3. The summed E-state index contributed by atoms with van der Waals surface area (Å²) in [5.41, 5.74) is 2.11. The molecule has 1 N–H and O–H groups in total. The molecule has 0 spiro atoms. The summed E-state index contributed by atoms with van der Waals surface area (Å²) < 4.78 is 0. The maximum absolute atomic E-state index is 11.1. The summed E-state index contributed by atoms with van der Waals surface area (Å²) in [4.78, 5) is 15.3. The monoisotopic (exact) mass is 283 g/mol. The molecule has 2 aromatic carbocycles. The predicted octanol–water partition coefficient (Wildman–Crippen LogP) is 4.07. The lowest BCUT2D eigenvalue weighted by Crippen LogP contribution is -1.89. The van der Waals surface area contributed by atoms with Crippen LogP contribution in [0.15, 0.2) is 48.7 Å². The normalized spacial score (nSPS) is 10.7. The Bertz CT molecular complexity index is 815. The van der Waals surface area contributed by atoms with Crippen LogP contribution in [0.4, 0.5) is 0 Å². The van der Waals surface area contributed by atoms with E-state index in [1.165, 1.54) is 0 Å². The van der Waals surface area contributed by atoms with Crippen molar-refractivity contribution in [1.29, 1.82) is 0 Å². The zero-order chi connectivity index (χ0) is 14.1. The van der Waals surface area contributed by atoms with E-state index < -0.39 is 0 Å². The molecule has 0 aliphatic heterocycles. The van der Waals surface area contributed by atoms with Crippen LogP contribution >= 0.6 is 11.6 Å². The van der Waals surface area contributed by atoms with Gasteiger partial charge in [-0.25, -0.2) is 0 Å². The Morgan fingerprint density at radius 2 is 1.95 bits per heavy atom. The summed E-state index contributed by atoms with van der Waals surface area (Å²) in [6.07, 6.45) is 2.36. The van der Waals surface area contributed by atoms with Gasteiger partial charge in [0.05, 0.1) is 0 Å². The molecular formula is C16H10ClNO2. The number of nitrogens with zero attached hydrogens (tertiary/aromatic N) is 1. The highest BCUT2D eigenvalue weighted by molar-refractivity contribution is 6.31. The second-order valence-electron chi connectivity index (χ2n) is 4.39. The number of phenolic OH excluding ortho intramolecular Hbond substituents is 1. The highest BCUT2D eigenvalue weighted by atomic mass is 35.5. The molecule has 0 fully saturated rings. The van der Waals surface area contributed by atoms with E-state index in [1.54, 1.807) is 36.5 Å². The number of hydrogen-bond donors (Lipinski definition) is 1. The Morgan fingerprint density at radius 3 is 2.75 bits per heavy atom. The summed E-state index contributed by atoms with van der Waals surface area (Å²) in [5.74, 6) is 0.0495. The Balaban J connectivity index is 2.32. The van der Waals surface area contributed by atoms with Crippen molar-refractivity contribution >= 4 is 28.8 Å². The third-order valence-corrected chi connectivity index (χ3v) is 3.42. The van der Waals surface area contributed by atoms with E-state index in [1.807, 2.05) is 12.1 Å². The first-order chi connectivity index (χ1) is 9.70. The van der Waals surface area contributed by atoms with Gasteiger partial charge in [0.2, 0.25) is 0 Å². The average molecular weight is 284 g/mol. The molecule has 0 aliphatic rings.